The van der Waals surface area contributed by atoms with Gasteiger partial charge in [0.25, 0.3) is 0 Å². The van der Waals surface area contributed by atoms with Gasteiger partial charge in [-0.2, -0.15) is 0 Å². The molecule has 2 spiro atoms. The molecule has 0 amide bonds. The van der Waals surface area contributed by atoms with E-state index >= 15 is 0 Å². The van der Waals surface area contributed by atoms with Crippen molar-refractivity contribution in [3.63, 3.8) is 0 Å². The van der Waals surface area contributed by atoms with Crippen LogP contribution in [0.5, 0.6) is 0 Å². The number of ether oxygens (including phenoxy) is 1. The average molecular weight is 348 g/mol. The molecule has 0 aromatic heterocycles. The van der Waals surface area contributed by atoms with Crippen LogP contribution in [0, 0.1) is 39.9 Å². The van der Waals surface area contributed by atoms with Gasteiger partial charge < -0.3 is 14.9 Å². The summed E-state index contributed by atoms with van der Waals surface area (Å²) in [6.45, 7) is 4.81. The van der Waals surface area contributed by atoms with Crippen LogP contribution in [0.25, 0.3) is 0 Å². The Hall–Kier alpha value is -1.10. The molecule has 0 aromatic rings. The zero-order valence-electron chi connectivity index (χ0n) is 15.1. The standard InChI is InChI=1S/C20H28O5/c1-17-6-3-7-18(2,16(23)24)14(17)13(15(21)22)19-8-11(4-5-12(17)19)20(9-19)10-25-20/h11-14H,3-10H2,1-2H3,(H,21,22)(H,23,24)/t11-,12+,13-,14+,17+,18-,19-,20?/m1/s1. The molecule has 5 nitrogen and oxygen atoms in total. The molecular weight excluding hydrogens is 320 g/mol. The minimum absolute atomic E-state index is 0.0775. The SMILES string of the molecule is C[C@@]12CCC[C@@](C)(C(=O)O)[C@H]1[C@H](C(=O)O)[C@@]13C[C@@H](CC[C@@H]21)C1(CO1)C3. The second-order valence-electron chi connectivity index (χ2n) is 10.2. The van der Waals surface area contributed by atoms with Gasteiger partial charge in [-0.3, -0.25) is 9.59 Å². The van der Waals surface area contributed by atoms with Gasteiger partial charge >= 0.3 is 11.9 Å². The van der Waals surface area contributed by atoms with Gasteiger partial charge in [0.1, 0.15) is 0 Å². The lowest BCUT2D eigenvalue weighted by molar-refractivity contribution is -0.166. The van der Waals surface area contributed by atoms with Crippen LogP contribution in [-0.2, 0) is 14.3 Å². The van der Waals surface area contributed by atoms with E-state index in [0.29, 0.717) is 18.3 Å². The molecule has 138 valence electrons. The van der Waals surface area contributed by atoms with E-state index in [9.17, 15) is 19.8 Å². The van der Waals surface area contributed by atoms with E-state index in [-0.39, 0.29) is 22.3 Å². The minimum atomic E-state index is -0.933. The van der Waals surface area contributed by atoms with Crippen molar-refractivity contribution in [3.05, 3.63) is 0 Å². The molecule has 0 aromatic carbocycles. The first-order chi connectivity index (χ1) is 11.7. The molecule has 5 heteroatoms. The van der Waals surface area contributed by atoms with Gasteiger partial charge in [0, 0.05) is 0 Å². The molecule has 2 N–H and O–H groups in total. The molecule has 2 bridgehead atoms. The first kappa shape index (κ1) is 16.1. The molecule has 5 rings (SSSR count). The average Bonchev–Trinajstić information content (AvgIpc) is 3.20. The Morgan fingerprint density at radius 2 is 1.84 bits per heavy atom. The van der Waals surface area contributed by atoms with E-state index in [1.54, 1.807) is 0 Å². The molecule has 1 unspecified atom stereocenters. The highest BCUT2D eigenvalue weighted by molar-refractivity contribution is 5.79. The monoisotopic (exact) mass is 348 g/mol. The van der Waals surface area contributed by atoms with Crippen LogP contribution in [0.3, 0.4) is 0 Å². The normalized spacial score (nSPS) is 58.6. The number of rotatable bonds is 2. The number of hydrogen-bond acceptors (Lipinski definition) is 3. The van der Waals surface area contributed by atoms with Crippen molar-refractivity contribution in [1.29, 1.82) is 0 Å². The van der Waals surface area contributed by atoms with Crippen molar-refractivity contribution in [2.45, 2.75) is 64.4 Å². The predicted octanol–water partition coefficient (Wildman–Crippen LogP) is 3.17. The largest absolute Gasteiger partial charge is 0.481 e. The van der Waals surface area contributed by atoms with Crippen LogP contribution in [0.1, 0.15) is 58.8 Å². The first-order valence-electron chi connectivity index (χ1n) is 9.80. The van der Waals surface area contributed by atoms with Crippen molar-refractivity contribution in [3.8, 4) is 0 Å². The lowest BCUT2D eigenvalue weighted by Gasteiger charge is -2.50. The summed E-state index contributed by atoms with van der Waals surface area (Å²) < 4.78 is 5.88. The van der Waals surface area contributed by atoms with Crippen molar-refractivity contribution in [1.82, 2.24) is 0 Å². The van der Waals surface area contributed by atoms with E-state index in [4.69, 9.17) is 4.74 Å². The molecule has 5 aliphatic rings. The Bertz CT molecular complexity index is 669. The molecule has 4 saturated carbocycles. The van der Waals surface area contributed by atoms with Crippen molar-refractivity contribution in [2.75, 3.05) is 6.61 Å². The summed E-state index contributed by atoms with van der Waals surface area (Å²) in [7, 11) is 0. The fraction of sp³-hybridized carbons (Fsp3) is 0.900. The van der Waals surface area contributed by atoms with E-state index in [1.165, 1.54) is 0 Å². The number of fused-ring (bicyclic) bond motifs is 4. The minimum Gasteiger partial charge on any atom is -0.481 e. The predicted molar refractivity (Wildman–Crippen MR) is 88.9 cm³/mol. The summed E-state index contributed by atoms with van der Waals surface area (Å²) in [5, 5.41) is 20.3. The molecule has 1 heterocycles. The van der Waals surface area contributed by atoms with Crippen molar-refractivity contribution in [2.24, 2.45) is 39.9 Å². The molecular formula is C20H28O5. The second-order valence-corrected chi connectivity index (χ2v) is 10.2. The Balaban J connectivity index is 1.70. The zero-order chi connectivity index (χ0) is 17.8. The number of carboxylic acids is 2. The van der Waals surface area contributed by atoms with Gasteiger partial charge in [0.2, 0.25) is 0 Å². The maximum absolute atomic E-state index is 12.5. The highest BCUT2D eigenvalue weighted by Crippen LogP contribution is 2.79. The molecule has 4 aliphatic carbocycles. The van der Waals surface area contributed by atoms with Crippen LogP contribution >= 0.6 is 0 Å². The smallest absolute Gasteiger partial charge is 0.309 e. The summed E-state index contributed by atoms with van der Waals surface area (Å²) in [4.78, 5) is 24.8. The molecule has 0 radical (unpaired) electrons. The summed E-state index contributed by atoms with van der Waals surface area (Å²) in [6.07, 6.45) is 6.38. The van der Waals surface area contributed by atoms with Crippen LogP contribution in [0.15, 0.2) is 0 Å². The Morgan fingerprint density at radius 3 is 2.44 bits per heavy atom. The third-order valence-electron chi connectivity index (χ3n) is 9.32. The molecule has 25 heavy (non-hydrogen) atoms. The molecule has 1 aliphatic heterocycles. The second kappa shape index (κ2) is 4.41. The van der Waals surface area contributed by atoms with Gasteiger partial charge in [-0.05, 0) is 74.0 Å². The Labute approximate surface area is 148 Å². The lowest BCUT2D eigenvalue weighted by atomic mass is 9.53. The van der Waals surface area contributed by atoms with Gasteiger partial charge in [-0.1, -0.05) is 13.3 Å². The van der Waals surface area contributed by atoms with E-state index < -0.39 is 23.3 Å². The topological polar surface area (TPSA) is 87.1 Å². The first-order valence-corrected chi connectivity index (χ1v) is 9.80. The number of carboxylic acid groups (broad SMARTS) is 2. The van der Waals surface area contributed by atoms with E-state index in [0.717, 1.165) is 45.1 Å². The molecule has 8 atom stereocenters. The highest BCUT2D eigenvalue weighted by Gasteiger charge is 2.79. The van der Waals surface area contributed by atoms with Gasteiger partial charge in [0.05, 0.1) is 23.5 Å². The van der Waals surface area contributed by atoms with Crippen LogP contribution in [0.4, 0.5) is 0 Å². The van der Waals surface area contributed by atoms with E-state index in [2.05, 4.69) is 6.92 Å². The van der Waals surface area contributed by atoms with Crippen LogP contribution < -0.4 is 0 Å². The quantitative estimate of drug-likeness (QED) is 0.749. The fourth-order valence-electron chi connectivity index (χ4n) is 8.55. The number of hydrogen-bond donors (Lipinski definition) is 2. The lowest BCUT2D eigenvalue weighted by Crippen LogP contribution is -2.50. The van der Waals surface area contributed by atoms with Gasteiger partial charge in [0.15, 0.2) is 0 Å². The van der Waals surface area contributed by atoms with E-state index in [1.807, 2.05) is 6.92 Å². The number of epoxide rings is 1. The van der Waals surface area contributed by atoms with Gasteiger partial charge in [-0.15, -0.1) is 0 Å². The number of aliphatic carboxylic acids is 2. The van der Waals surface area contributed by atoms with Crippen LogP contribution in [-0.4, -0.2) is 34.4 Å². The van der Waals surface area contributed by atoms with Gasteiger partial charge in [-0.25, -0.2) is 0 Å². The van der Waals surface area contributed by atoms with Crippen molar-refractivity contribution >= 4 is 11.9 Å². The summed E-state index contributed by atoms with van der Waals surface area (Å²) in [5.41, 5.74) is -1.45. The molecule has 1 saturated heterocycles. The van der Waals surface area contributed by atoms with Crippen molar-refractivity contribution < 1.29 is 24.5 Å². The summed E-state index contributed by atoms with van der Waals surface area (Å²) in [6, 6.07) is 0. The maximum atomic E-state index is 12.5. The zero-order valence-corrected chi connectivity index (χ0v) is 15.1. The molecule has 5 fully saturated rings. The fourth-order valence-corrected chi connectivity index (χ4v) is 8.55. The van der Waals surface area contributed by atoms with Crippen LogP contribution in [0.2, 0.25) is 0 Å². The Kier molecular flexibility index (Phi) is 2.84. The maximum Gasteiger partial charge on any atom is 0.309 e. The number of carbonyl (C=O) groups is 2. The highest BCUT2D eigenvalue weighted by atomic mass is 16.6. The summed E-state index contributed by atoms with van der Waals surface area (Å²) >= 11 is 0. The summed E-state index contributed by atoms with van der Waals surface area (Å²) in [5.74, 6) is -1.60. The third-order valence-corrected chi connectivity index (χ3v) is 9.32. The third kappa shape index (κ3) is 1.65. The Morgan fingerprint density at radius 1 is 1.12 bits per heavy atom.